The van der Waals surface area contributed by atoms with E-state index in [0.717, 1.165) is 22.4 Å². The van der Waals surface area contributed by atoms with Crippen LogP contribution in [0.1, 0.15) is 23.1 Å². The van der Waals surface area contributed by atoms with Crippen molar-refractivity contribution >= 4 is 23.0 Å². The Hall–Kier alpha value is -3.78. The molecule has 1 unspecified atom stereocenters. The number of para-hydroxylation sites is 2. The minimum absolute atomic E-state index is 0.198. The molecule has 3 N–H and O–H groups in total. The zero-order valence-corrected chi connectivity index (χ0v) is 14.9. The van der Waals surface area contributed by atoms with E-state index in [4.69, 9.17) is 10.2 Å². The summed E-state index contributed by atoms with van der Waals surface area (Å²) >= 11 is 0. The molecule has 4 aromatic rings. The lowest BCUT2D eigenvalue weighted by atomic mass is 10.1. The van der Waals surface area contributed by atoms with Gasteiger partial charge in [0.2, 0.25) is 0 Å². The Kier molecular flexibility index (Phi) is 4.94. The van der Waals surface area contributed by atoms with Crippen LogP contribution >= 0.6 is 0 Å². The lowest BCUT2D eigenvalue weighted by Crippen LogP contribution is -2.16. The third-order valence-electron chi connectivity index (χ3n) is 4.36. The molecular weight excluding hydrogens is 356 g/mol. The third kappa shape index (κ3) is 3.81. The molecule has 2 aromatic carbocycles. The van der Waals surface area contributed by atoms with Crippen LogP contribution in [0.25, 0.3) is 17.1 Å². The van der Waals surface area contributed by atoms with E-state index in [1.807, 2.05) is 42.5 Å². The van der Waals surface area contributed by atoms with E-state index in [1.54, 1.807) is 16.4 Å². The van der Waals surface area contributed by atoms with Crippen molar-refractivity contribution in [2.45, 2.75) is 12.5 Å². The van der Waals surface area contributed by atoms with Crippen molar-refractivity contribution in [1.82, 2.24) is 30.4 Å². The van der Waals surface area contributed by atoms with E-state index in [1.165, 1.54) is 12.2 Å². The molecule has 8 nitrogen and oxygen atoms in total. The van der Waals surface area contributed by atoms with Gasteiger partial charge < -0.3 is 4.98 Å². The molecule has 0 saturated carbocycles. The van der Waals surface area contributed by atoms with Gasteiger partial charge in [-0.05, 0) is 23.8 Å². The standard InChI is InChI=1S/C20H18N6O2/c27-19(24-28)11-10-15-13-26(25-23-15)18(12-14-6-2-1-3-7-14)20-21-16-8-4-5-9-17(16)22-20/h1-11,13,18,28H,12H2,(H,21,22)(H,24,27). The van der Waals surface area contributed by atoms with Gasteiger partial charge in [0, 0.05) is 12.5 Å². The summed E-state index contributed by atoms with van der Waals surface area (Å²) in [6, 6.07) is 17.7. The molecule has 1 atom stereocenters. The van der Waals surface area contributed by atoms with Crippen molar-refractivity contribution in [3.8, 4) is 0 Å². The molecule has 0 spiro atoms. The van der Waals surface area contributed by atoms with E-state index in [9.17, 15) is 4.79 Å². The summed E-state index contributed by atoms with van der Waals surface area (Å²) in [5.41, 5.74) is 5.02. The van der Waals surface area contributed by atoms with Gasteiger partial charge in [-0.1, -0.05) is 47.7 Å². The molecule has 140 valence electrons. The van der Waals surface area contributed by atoms with Crippen LogP contribution in [-0.4, -0.2) is 36.1 Å². The third-order valence-corrected chi connectivity index (χ3v) is 4.36. The van der Waals surface area contributed by atoms with Crippen molar-refractivity contribution in [1.29, 1.82) is 0 Å². The Balaban J connectivity index is 1.70. The van der Waals surface area contributed by atoms with Crippen LogP contribution < -0.4 is 5.48 Å². The van der Waals surface area contributed by atoms with Crippen molar-refractivity contribution in [3.05, 3.63) is 84.0 Å². The zero-order valence-electron chi connectivity index (χ0n) is 14.9. The first-order valence-electron chi connectivity index (χ1n) is 8.75. The normalized spacial score (nSPS) is 12.5. The molecule has 4 rings (SSSR count). The second kappa shape index (κ2) is 7.85. The van der Waals surface area contributed by atoms with Crippen LogP contribution in [0.2, 0.25) is 0 Å². The lowest BCUT2D eigenvalue weighted by molar-refractivity contribution is -0.124. The molecule has 0 aliphatic carbocycles. The van der Waals surface area contributed by atoms with Crippen LogP contribution in [0, 0.1) is 0 Å². The average molecular weight is 374 g/mol. The van der Waals surface area contributed by atoms with Crippen molar-refractivity contribution in [3.63, 3.8) is 0 Å². The SMILES string of the molecule is O=C(C=Cc1cn(C(Cc2ccccc2)c2nc3ccccc3[nH]2)nn1)NO. The molecule has 2 aromatic heterocycles. The molecule has 2 heterocycles. The molecule has 0 aliphatic rings. The second-order valence-electron chi connectivity index (χ2n) is 6.28. The van der Waals surface area contributed by atoms with Gasteiger partial charge in [0.05, 0.1) is 17.2 Å². The maximum absolute atomic E-state index is 11.2. The highest BCUT2D eigenvalue weighted by atomic mass is 16.5. The number of benzene rings is 2. The number of nitrogens with one attached hydrogen (secondary N) is 2. The summed E-state index contributed by atoms with van der Waals surface area (Å²) in [7, 11) is 0. The smallest absolute Gasteiger partial charge is 0.267 e. The Labute approximate surface area is 160 Å². The van der Waals surface area contributed by atoms with Crippen LogP contribution in [0.15, 0.2) is 66.9 Å². The highest BCUT2D eigenvalue weighted by molar-refractivity contribution is 5.90. The van der Waals surface area contributed by atoms with Crippen molar-refractivity contribution < 1.29 is 10.0 Å². The fourth-order valence-electron chi connectivity index (χ4n) is 3.00. The highest BCUT2D eigenvalue weighted by Crippen LogP contribution is 2.23. The molecule has 0 aliphatic heterocycles. The van der Waals surface area contributed by atoms with E-state index >= 15 is 0 Å². The number of hydrogen-bond donors (Lipinski definition) is 3. The molecule has 0 fully saturated rings. The molecule has 0 bridgehead atoms. The molecule has 28 heavy (non-hydrogen) atoms. The summed E-state index contributed by atoms with van der Waals surface area (Å²) in [6.45, 7) is 0. The Morgan fingerprint density at radius 2 is 1.96 bits per heavy atom. The molecular formula is C20H18N6O2. The number of nitrogens with zero attached hydrogens (tertiary/aromatic N) is 4. The number of carbonyl (C=O) groups excluding carboxylic acids is 1. The number of aromatic amines is 1. The monoisotopic (exact) mass is 374 g/mol. The first-order valence-corrected chi connectivity index (χ1v) is 8.75. The second-order valence-corrected chi connectivity index (χ2v) is 6.28. The first-order chi connectivity index (χ1) is 13.7. The highest BCUT2D eigenvalue weighted by Gasteiger charge is 2.20. The largest absolute Gasteiger partial charge is 0.340 e. The summed E-state index contributed by atoms with van der Waals surface area (Å²) in [5.74, 6) is 0.145. The van der Waals surface area contributed by atoms with Crippen LogP contribution in [0.5, 0.6) is 0 Å². The van der Waals surface area contributed by atoms with Gasteiger partial charge in [-0.25, -0.2) is 15.1 Å². The summed E-state index contributed by atoms with van der Waals surface area (Å²) < 4.78 is 1.72. The van der Waals surface area contributed by atoms with Gasteiger partial charge in [-0.2, -0.15) is 0 Å². The molecule has 8 heteroatoms. The van der Waals surface area contributed by atoms with Crippen molar-refractivity contribution in [2.24, 2.45) is 0 Å². The predicted octanol–water partition coefficient (Wildman–Crippen LogP) is 2.51. The number of carbonyl (C=O) groups is 1. The number of H-pyrrole nitrogens is 1. The number of hydroxylamine groups is 1. The zero-order chi connectivity index (χ0) is 19.3. The predicted molar refractivity (Wildman–Crippen MR) is 103 cm³/mol. The maximum Gasteiger partial charge on any atom is 0.267 e. The van der Waals surface area contributed by atoms with E-state index in [-0.39, 0.29) is 6.04 Å². The fourth-order valence-corrected chi connectivity index (χ4v) is 3.00. The summed E-state index contributed by atoms with van der Waals surface area (Å²) in [5, 5.41) is 16.9. The Morgan fingerprint density at radius 1 is 1.18 bits per heavy atom. The topological polar surface area (TPSA) is 109 Å². The van der Waals surface area contributed by atoms with Gasteiger partial charge in [0.1, 0.15) is 17.6 Å². The van der Waals surface area contributed by atoms with Gasteiger partial charge in [0.25, 0.3) is 5.91 Å². The van der Waals surface area contributed by atoms with E-state index in [2.05, 4.69) is 27.4 Å². The quantitative estimate of drug-likeness (QED) is 0.273. The Morgan fingerprint density at radius 3 is 2.75 bits per heavy atom. The minimum Gasteiger partial charge on any atom is -0.340 e. The lowest BCUT2D eigenvalue weighted by Gasteiger charge is -2.14. The van der Waals surface area contributed by atoms with E-state index in [0.29, 0.717) is 12.1 Å². The van der Waals surface area contributed by atoms with Gasteiger partial charge >= 0.3 is 0 Å². The van der Waals surface area contributed by atoms with E-state index < -0.39 is 5.91 Å². The van der Waals surface area contributed by atoms with Crippen molar-refractivity contribution in [2.75, 3.05) is 0 Å². The van der Waals surface area contributed by atoms with Crippen LogP contribution in [-0.2, 0) is 11.2 Å². The summed E-state index contributed by atoms with van der Waals surface area (Å²) in [4.78, 5) is 19.3. The number of rotatable bonds is 6. The fraction of sp³-hybridized carbons (Fsp3) is 0.100. The minimum atomic E-state index is -0.632. The van der Waals surface area contributed by atoms with Gasteiger partial charge in [-0.3, -0.25) is 10.0 Å². The number of imidazole rings is 1. The number of fused-ring (bicyclic) bond motifs is 1. The Bertz CT molecular complexity index is 1080. The molecule has 1 amide bonds. The number of hydrogen-bond acceptors (Lipinski definition) is 5. The van der Waals surface area contributed by atoms with Crippen LogP contribution in [0.4, 0.5) is 0 Å². The molecule has 0 radical (unpaired) electrons. The summed E-state index contributed by atoms with van der Waals surface area (Å²) in [6.07, 6.45) is 5.07. The van der Waals surface area contributed by atoms with Gasteiger partial charge in [-0.15, -0.1) is 5.10 Å². The average Bonchev–Trinajstić information content (AvgIpc) is 3.38. The number of aromatic nitrogens is 5. The maximum atomic E-state index is 11.2. The van der Waals surface area contributed by atoms with Gasteiger partial charge in [0.15, 0.2) is 0 Å². The first kappa shape index (κ1) is 17.6. The number of amides is 1. The molecule has 0 saturated heterocycles. The van der Waals surface area contributed by atoms with Crippen LogP contribution in [0.3, 0.4) is 0 Å².